The van der Waals surface area contributed by atoms with Crippen LogP contribution in [0.25, 0.3) is 0 Å². The van der Waals surface area contributed by atoms with Gasteiger partial charge in [-0.25, -0.2) is 4.99 Å². The van der Waals surface area contributed by atoms with Gasteiger partial charge in [0.2, 0.25) is 0 Å². The Kier molecular flexibility index (Phi) is 7.11. The van der Waals surface area contributed by atoms with Crippen LogP contribution in [0, 0.1) is 0 Å². The third-order valence-corrected chi connectivity index (χ3v) is 5.99. The van der Waals surface area contributed by atoms with Crippen molar-refractivity contribution in [2.45, 2.75) is 50.4 Å². The molecule has 2 heterocycles. The van der Waals surface area contributed by atoms with Crippen molar-refractivity contribution < 1.29 is 22.8 Å². The molecule has 182 valence electrons. The van der Waals surface area contributed by atoms with Crippen LogP contribution < -0.4 is 5.32 Å². The first-order chi connectivity index (χ1) is 16.2. The molecule has 0 aromatic carbocycles. The molecular formula is C23H27F3N6O2. The Bertz CT molecular complexity index is 1050. The zero-order valence-corrected chi connectivity index (χ0v) is 18.9. The quantitative estimate of drug-likeness (QED) is 0.460. The van der Waals surface area contributed by atoms with Crippen molar-refractivity contribution >= 4 is 23.5 Å². The first-order valence-corrected chi connectivity index (χ1v) is 11.3. The van der Waals surface area contributed by atoms with Crippen LogP contribution in [0.15, 0.2) is 45.9 Å². The Morgan fingerprint density at radius 3 is 2.68 bits per heavy atom. The third-order valence-electron chi connectivity index (χ3n) is 5.99. The molecule has 1 saturated carbocycles. The maximum Gasteiger partial charge on any atom is 0.401 e. The van der Waals surface area contributed by atoms with Gasteiger partial charge in [-0.1, -0.05) is 6.08 Å². The lowest BCUT2D eigenvalue weighted by Crippen LogP contribution is -2.43. The number of halogens is 3. The van der Waals surface area contributed by atoms with E-state index in [1.807, 2.05) is 30.3 Å². The van der Waals surface area contributed by atoms with Gasteiger partial charge in [-0.2, -0.15) is 18.3 Å². The van der Waals surface area contributed by atoms with Crippen molar-refractivity contribution in [1.82, 2.24) is 20.0 Å². The molecular weight excluding hydrogens is 449 g/mol. The number of carbonyl (C=O) groups excluding carboxylic acids is 2. The van der Waals surface area contributed by atoms with E-state index in [2.05, 4.69) is 15.4 Å². The van der Waals surface area contributed by atoms with E-state index in [4.69, 9.17) is 4.99 Å². The molecule has 1 atom stereocenters. The highest BCUT2D eigenvalue weighted by molar-refractivity contribution is 6.38. The smallest absolute Gasteiger partial charge is 0.368 e. The molecule has 1 unspecified atom stereocenters. The highest BCUT2D eigenvalue weighted by Gasteiger charge is 2.32. The molecule has 0 saturated heterocycles. The van der Waals surface area contributed by atoms with Gasteiger partial charge in [-0.3, -0.25) is 19.3 Å². The van der Waals surface area contributed by atoms with Crippen molar-refractivity contribution in [3.05, 3.63) is 41.5 Å². The Morgan fingerprint density at radius 1 is 1.24 bits per heavy atom. The number of ketones is 2. The maximum absolute atomic E-state index is 12.4. The van der Waals surface area contributed by atoms with Gasteiger partial charge < -0.3 is 10.2 Å². The minimum Gasteiger partial charge on any atom is -0.368 e. The van der Waals surface area contributed by atoms with E-state index in [0.29, 0.717) is 25.1 Å². The SMILES string of the molecule is Cn1cc(C2=NC3=CC(N(CCCNCC(F)(F)F)C4CC(=O)CC(=O)C4)=CCC3N=C2)cn1. The molecule has 1 N–H and O–H groups in total. The lowest BCUT2D eigenvalue weighted by atomic mass is 9.90. The average Bonchev–Trinajstić information content (AvgIpc) is 3.20. The molecule has 0 amide bonds. The molecule has 11 heteroatoms. The molecule has 1 aromatic heterocycles. The fraction of sp³-hybridized carbons (Fsp3) is 0.522. The van der Waals surface area contributed by atoms with Gasteiger partial charge >= 0.3 is 6.18 Å². The lowest BCUT2D eigenvalue weighted by molar-refractivity contribution is -0.131. The standard InChI is InChI=1S/C23H27F3N6O2/c1-31-13-15(11-29-31)22-12-28-20-4-3-16(9-21(20)30-22)32(6-2-5-27-14-23(24,25)26)17-7-18(33)10-19(34)8-17/h3,9,11-13,17,20,27H,2,4-8,10,14H2,1H3. The first-order valence-electron chi connectivity index (χ1n) is 11.3. The van der Waals surface area contributed by atoms with E-state index < -0.39 is 12.7 Å². The van der Waals surface area contributed by atoms with Gasteiger partial charge in [0.1, 0.15) is 11.6 Å². The Labute approximate surface area is 195 Å². The topological polar surface area (TPSA) is 92.0 Å². The number of rotatable bonds is 8. The van der Waals surface area contributed by atoms with Crippen LogP contribution in [0.1, 0.15) is 37.7 Å². The van der Waals surface area contributed by atoms with E-state index in [9.17, 15) is 22.8 Å². The van der Waals surface area contributed by atoms with Crippen molar-refractivity contribution in [2.75, 3.05) is 19.6 Å². The van der Waals surface area contributed by atoms with E-state index in [1.165, 1.54) is 0 Å². The van der Waals surface area contributed by atoms with E-state index in [-0.39, 0.29) is 49.5 Å². The molecule has 1 aromatic rings. The molecule has 3 aliphatic rings. The summed E-state index contributed by atoms with van der Waals surface area (Å²) in [7, 11) is 1.82. The van der Waals surface area contributed by atoms with Crippen molar-refractivity contribution in [2.24, 2.45) is 17.0 Å². The van der Waals surface area contributed by atoms with Gasteiger partial charge in [0.25, 0.3) is 0 Å². The number of aromatic nitrogens is 2. The predicted octanol–water partition coefficient (Wildman–Crippen LogP) is 2.37. The number of fused-ring (bicyclic) bond motifs is 1. The summed E-state index contributed by atoms with van der Waals surface area (Å²) in [5.74, 6) is -0.218. The minimum atomic E-state index is -4.27. The number of hydrogen-bond acceptors (Lipinski definition) is 7. The van der Waals surface area contributed by atoms with Crippen LogP contribution in [0.3, 0.4) is 0 Å². The number of aryl methyl sites for hydroxylation is 1. The van der Waals surface area contributed by atoms with E-state index in [1.54, 1.807) is 17.1 Å². The van der Waals surface area contributed by atoms with Crippen molar-refractivity contribution in [3.63, 3.8) is 0 Å². The van der Waals surface area contributed by atoms with Crippen LogP contribution in [-0.4, -0.2) is 76.1 Å². The third kappa shape index (κ3) is 6.07. The van der Waals surface area contributed by atoms with Crippen LogP contribution in [0.5, 0.6) is 0 Å². The number of hydrogen-bond donors (Lipinski definition) is 1. The second kappa shape index (κ2) is 10.0. The number of allylic oxidation sites excluding steroid dienone is 1. The van der Waals surface area contributed by atoms with E-state index >= 15 is 0 Å². The van der Waals surface area contributed by atoms with Crippen molar-refractivity contribution in [1.29, 1.82) is 0 Å². The summed E-state index contributed by atoms with van der Waals surface area (Å²) in [6, 6.07) is -0.432. The monoisotopic (exact) mass is 476 g/mol. The number of aliphatic imine (C=N–C) groups is 2. The second-order valence-corrected chi connectivity index (χ2v) is 8.78. The summed E-state index contributed by atoms with van der Waals surface area (Å²) in [6.07, 6.45) is 6.43. The molecule has 2 aliphatic carbocycles. The highest BCUT2D eigenvalue weighted by Crippen LogP contribution is 2.30. The van der Waals surface area contributed by atoms with Crippen LogP contribution in [0.2, 0.25) is 0 Å². The molecule has 4 rings (SSSR count). The summed E-state index contributed by atoms with van der Waals surface area (Å²) in [5.41, 5.74) is 3.13. The summed E-state index contributed by atoms with van der Waals surface area (Å²) >= 11 is 0. The first kappa shape index (κ1) is 24.1. The Balaban J connectivity index is 1.52. The molecule has 0 spiro atoms. The number of carbonyl (C=O) groups is 2. The Hall–Kier alpha value is -3.08. The summed E-state index contributed by atoms with van der Waals surface area (Å²) in [6.45, 7) is -0.463. The Morgan fingerprint density at radius 2 is 2.00 bits per heavy atom. The maximum atomic E-state index is 12.4. The number of nitrogens with zero attached hydrogens (tertiary/aromatic N) is 5. The van der Waals surface area contributed by atoms with Gasteiger partial charge in [0.05, 0.1) is 36.6 Å². The number of nitrogens with one attached hydrogen (secondary N) is 1. The zero-order chi connectivity index (χ0) is 24.3. The summed E-state index contributed by atoms with van der Waals surface area (Å²) in [4.78, 5) is 35.6. The molecule has 34 heavy (non-hydrogen) atoms. The molecule has 0 radical (unpaired) electrons. The summed E-state index contributed by atoms with van der Waals surface area (Å²) < 4.78 is 39.0. The largest absolute Gasteiger partial charge is 0.401 e. The second-order valence-electron chi connectivity index (χ2n) is 8.78. The van der Waals surface area contributed by atoms with Crippen LogP contribution >= 0.6 is 0 Å². The normalized spacial score (nSPS) is 21.2. The molecule has 8 nitrogen and oxygen atoms in total. The minimum absolute atomic E-state index is 0.0484. The van der Waals surface area contributed by atoms with Crippen LogP contribution in [0.4, 0.5) is 13.2 Å². The average molecular weight is 477 g/mol. The molecule has 0 bridgehead atoms. The van der Waals surface area contributed by atoms with E-state index in [0.717, 1.165) is 17.0 Å². The molecule has 1 aliphatic heterocycles. The fourth-order valence-electron chi connectivity index (χ4n) is 4.43. The van der Waals surface area contributed by atoms with Gasteiger partial charge in [-0.05, 0) is 25.5 Å². The van der Waals surface area contributed by atoms with Crippen molar-refractivity contribution in [3.8, 4) is 0 Å². The summed E-state index contributed by atoms with van der Waals surface area (Å²) in [5, 5.41) is 6.58. The fourth-order valence-corrected chi connectivity index (χ4v) is 4.43. The molecule has 1 fully saturated rings. The number of Topliss-reactive ketones (excluding diaryl/α,β-unsaturated/α-hetero) is 2. The number of alkyl halides is 3. The lowest BCUT2D eigenvalue weighted by Gasteiger charge is -2.37. The highest BCUT2D eigenvalue weighted by atomic mass is 19.4. The van der Waals surface area contributed by atoms with Gasteiger partial charge in [0, 0.05) is 56.1 Å². The predicted molar refractivity (Wildman–Crippen MR) is 121 cm³/mol. The van der Waals surface area contributed by atoms with Gasteiger partial charge in [0.15, 0.2) is 0 Å². The zero-order valence-electron chi connectivity index (χ0n) is 18.9. The van der Waals surface area contributed by atoms with Crippen LogP contribution in [-0.2, 0) is 16.6 Å². The van der Waals surface area contributed by atoms with Gasteiger partial charge in [-0.15, -0.1) is 0 Å².